The van der Waals surface area contributed by atoms with Crippen LogP contribution in [-0.2, 0) is 10.0 Å². The number of hydrogen-bond donors (Lipinski definition) is 4. The molecule has 5 N–H and O–H groups in total. The number of nitrogens with one attached hydrogen (secondary N) is 3. The van der Waals surface area contributed by atoms with E-state index in [0.29, 0.717) is 42.3 Å². The maximum Gasteiger partial charge on any atom is 0.241 e. The number of benzene rings is 3. The first-order valence-electron chi connectivity index (χ1n) is 13.0. The van der Waals surface area contributed by atoms with Gasteiger partial charge < -0.3 is 16.4 Å². The van der Waals surface area contributed by atoms with Crippen LogP contribution in [0.25, 0.3) is 21.7 Å². The molecule has 0 spiro atoms. The molecular weight excluding hydrogens is 484 g/mol. The Hall–Kier alpha value is -3.27. The highest BCUT2D eigenvalue weighted by Crippen LogP contribution is 2.30. The van der Waals surface area contributed by atoms with E-state index in [4.69, 9.17) is 5.73 Å². The van der Waals surface area contributed by atoms with Gasteiger partial charge >= 0.3 is 0 Å². The molecule has 0 unspecified atom stereocenters. The zero-order chi connectivity index (χ0) is 25.7. The monoisotopic (exact) mass is 518 g/mol. The Kier molecular flexibility index (Phi) is 7.83. The third-order valence-electron chi connectivity index (χ3n) is 7.16. The minimum absolute atomic E-state index is 0.338. The number of anilines is 2. The van der Waals surface area contributed by atoms with E-state index in [1.165, 1.54) is 0 Å². The summed E-state index contributed by atoms with van der Waals surface area (Å²) in [6.45, 7) is 2.44. The van der Waals surface area contributed by atoms with Crippen molar-refractivity contribution in [3.8, 4) is 0 Å². The number of fused-ring (bicyclic) bond motifs is 2. The summed E-state index contributed by atoms with van der Waals surface area (Å²) in [5, 5.41) is 9.39. The minimum Gasteiger partial charge on any atom is -0.368 e. The molecule has 37 heavy (non-hydrogen) atoms. The first-order chi connectivity index (χ1) is 18.0. The molecule has 1 saturated carbocycles. The second-order valence-electron chi connectivity index (χ2n) is 9.73. The number of aromatic nitrogens is 2. The first kappa shape index (κ1) is 25.4. The van der Waals surface area contributed by atoms with Crippen LogP contribution in [0.3, 0.4) is 0 Å². The molecule has 0 saturated heterocycles. The number of nitrogens with zero attached hydrogens (tertiary/aromatic N) is 2. The van der Waals surface area contributed by atoms with Gasteiger partial charge in [-0.2, -0.15) is 4.98 Å². The number of nitrogens with two attached hydrogens (primary N) is 1. The lowest BCUT2D eigenvalue weighted by Gasteiger charge is -2.28. The van der Waals surface area contributed by atoms with Crippen molar-refractivity contribution in [2.45, 2.75) is 30.6 Å². The molecule has 1 aromatic heterocycles. The lowest BCUT2D eigenvalue weighted by molar-refractivity contribution is 0.284. The summed E-state index contributed by atoms with van der Waals surface area (Å²) in [4.78, 5) is 9.71. The van der Waals surface area contributed by atoms with E-state index < -0.39 is 10.0 Å². The summed E-state index contributed by atoms with van der Waals surface area (Å²) in [7, 11) is -3.57. The topological polar surface area (TPSA) is 122 Å². The zero-order valence-corrected chi connectivity index (χ0v) is 21.7. The molecule has 4 aromatic rings. The van der Waals surface area contributed by atoms with Crippen molar-refractivity contribution < 1.29 is 8.42 Å². The molecule has 1 aliphatic rings. The summed E-state index contributed by atoms with van der Waals surface area (Å²) in [6, 6.07) is 20.9. The number of para-hydroxylation sites is 1. The van der Waals surface area contributed by atoms with Crippen LogP contribution >= 0.6 is 0 Å². The Morgan fingerprint density at radius 2 is 1.46 bits per heavy atom. The molecule has 1 fully saturated rings. The average Bonchev–Trinajstić information content (AvgIpc) is 2.94. The van der Waals surface area contributed by atoms with Gasteiger partial charge in [-0.25, -0.2) is 18.1 Å². The van der Waals surface area contributed by atoms with E-state index >= 15 is 0 Å². The fraction of sp³-hybridized carbons (Fsp3) is 0.357. The number of rotatable bonds is 10. The normalized spacial score (nSPS) is 18.2. The summed E-state index contributed by atoms with van der Waals surface area (Å²) in [6.07, 6.45) is 4.07. The van der Waals surface area contributed by atoms with Gasteiger partial charge in [0.15, 0.2) is 0 Å². The van der Waals surface area contributed by atoms with E-state index in [1.54, 1.807) is 12.1 Å². The summed E-state index contributed by atoms with van der Waals surface area (Å²) < 4.78 is 29.0. The van der Waals surface area contributed by atoms with Crippen LogP contribution in [0.15, 0.2) is 71.6 Å². The molecule has 0 bridgehead atoms. The molecule has 1 heterocycles. The van der Waals surface area contributed by atoms with Gasteiger partial charge in [-0.3, -0.25) is 0 Å². The van der Waals surface area contributed by atoms with E-state index in [2.05, 4.69) is 25.3 Å². The molecule has 0 amide bonds. The summed E-state index contributed by atoms with van der Waals surface area (Å²) in [5.41, 5.74) is 6.55. The van der Waals surface area contributed by atoms with Crippen molar-refractivity contribution in [3.63, 3.8) is 0 Å². The lowest BCUT2D eigenvalue weighted by Crippen LogP contribution is -2.32. The SMILES string of the molecule is NCCNc1nc(NC[C@H]2CC[C@H](CNS(=O)(=O)c3cccc4ccccc34)CC2)nc2ccccc12. The average molecular weight is 519 g/mol. The van der Waals surface area contributed by atoms with E-state index in [-0.39, 0.29) is 0 Å². The van der Waals surface area contributed by atoms with Crippen molar-refractivity contribution in [1.29, 1.82) is 0 Å². The highest BCUT2D eigenvalue weighted by atomic mass is 32.2. The third-order valence-corrected chi connectivity index (χ3v) is 8.64. The standard InChI is InChI=1S/C28H34N6O2S/c29-16-17-30-27-24-9-3-4-10-25(24)33-28(34-27)31-18-20-12-14-21(15-13-20)19-32-37(35,36)26-11-5-7-22-6-1-2-8-23(22)26/h1-11,20-21,32H,12-19,29H2,(H2,30,31,33,34)/t20-,21-. The maximum absolute atomic E-state index is 13.1. The van der Waals surface area contributed by atoms with Gasteiger partial charge in [0.1, 0.15) is 5.82 Å². The van der Waals surface area contributed by atoms with Crippen LogP contribution in [0.1, 0.15) is 25.7 Å². The summed E-state index contributed by atoms with van der Waals surface area (Å²) in [5.74, 6) is 2.25. The third kappa shape index (κ3) is 6.01. The number of sulfonamides is 1. The van der Waals surface area contributed by atoms with Gasteiger partial charge in [-0.15, -0.1) is 0 Å². The molecule has 8 nitrogen and oxygen atoms in total. The largest absolute Gasteiger partial charge is 0.368 e. The van der Waals surface area contributed by atoms with E-state index in [0.717, 1.165) is 59.7 Å². The molecular formula is C28H34N6O2S. The fourth-order valence-electron chi connectivity index (χ4n) is 5.09. The maximum atomic E-state index is 13.1. The summed E-state index contributed by atoms with van der Waals surface area (Å²) >= 11 is 0. The molecule has 1 aliphatic carbocycles. The van der Waals surface area contributed by atoms with Crippen molar-refractivity contribution >= 4 is 43.5 Å². The lowest BCUT2D eigenvalue weighted by atomic mass is 9.82. The van der Waals surface area contributed by atoms with Crippen molar-refractivity contribution in [2.24, 2.45) is 17.6 Å². The zero-order valence-electron chi connectivity index (χ0n) is 20.9. The van der Waals surface area contributed by atoms with Crippen molar-refractivity contribution in [1.82, 2.24) is 14.7 Å². The van der Waals surface area contributed by atoms with Gasteiger partial charge in [0.05, 0.1) is 10.4 Å². The fourth-order valence-corrected chi connectivity index (χ4v) is 6.44. The Labute approximate surface area is 218 Å². The van der Waals surface area contributed by atoms with Crippen LogP contribution in [0, 0.1) is 11.8 Å². The van der Waals surface area contributed by atoms with Crippen LogP contribution in [0.2, 0.25) is 0 Å². The van der Waals surface area contributed by atoms with Crippen LogP contribution in [0.4, 0.5) is 11.8 Å². The molecule has 0 atom stereocenters. The van der Waals surface area contributed by atoms with Crippen molar-refractivity contribution in [3.05, 3.63) is 66.7 Å². The highest BCUT2D eigenvalue weighted by Gasteiger charge is 2.24. The molecule has 3 aromatic carbocycles. The van der Waals surface area contributed by atoms with Gasteiger partial charge in [0, 0.05) is 37.0 Å². The highest BCUT2D eigenvalue weighted by molar-refractivity contribution is 7.89. The molecule has 194 valence electrons. The predicted molar refractivity (Wildman–Crippen MR) is 150 cm³/mol. The second-order valence-corrected chi connectivity index (χ2v) is 11.5. The Morgan fingerprint density at radius 3 is 2.24 bits per heavy atom. The Morgan fingerprint density at radius 1 is 0.784 bits per heavy atom. The molecule has 5 rings (SSSR count). The van der Waals surface area contributed by atoms with E-state index in [9.17, 15) is 8.42 Å². The van der Waals surface area contributed by atoms with Crippen molar-refractivity contribution in [2.75, 3.05) is 36.8 Å². The van der Waals surface area contributed by atoms with Gasteiger partial charge in [-0.1, -0.05) is 48.5 Å². The molecule has 0 aliphatic heterocycles. The second kappa shape index (κ2) is 11.4. The Bertz CT molecular complexity index is 1460. The van der Waals surface area contributed by atoms with E-state index in [1.807, 2.05) is 54.6 Å². The first-order valence-corrected chi connectivity index (χ1v) is 14.4. The van der Waals surface area contributed by atoms with Gasteiger partial charge in [-0.05, 0) is 61.1 Å². The van der Waals surface area contributed by atoms with Crippen LogP contribution in [-0.4, -0.2) is 44.6 Å². The molecule has 9 heteroatoms. The van der Waals surface area contributed by atoms with Gasteiger partial charge in [0.25, 0.3) is 0 Å². The van der Waals surface area contributed by atoms with Gasteiger partial charge in [0.2, 0.25) is 16.0 Å². The quantitative estimate of drug-likeness (QED) is 0.246. The predicted octanol–water partition coefficient (Wildman–Crippen LogP) is 4.35. The van der Waals surface area contributed by atoms with Crippen LogP contribution < -0.4 is 21.1 Å². The Balaban J connectivity index is 1.14. The number of hydrogen-bond acceptors (Lipinski definition) is 7. The minimum atomic E-state index is -3.57. The van der Waals surface area contributed by atoms with Crippen LogP contribution in [0.5, 0.6) is 0 Å². The molecule has 0 radical (unpaired) electrons. The smallest absolute Gasteiger partial charge is 0.241 e.